The molecule has 4 aromatic rings. The number of rotatable bonds is 5. The summed E-state index contributed by atoms with van der Waals surface area (Å²) in [5.74, 6) is 0.385. The molecule has 0 spiro atoms. The zero-order chi connectivity index (χ0) is 20.1. The van der Waals surface area contributed by atoms with E-state index in [1.165, 1.54) is 0 Å². The first-order valence-corrected chi connectivity index (χ1v) is 9.05. The summed E-state index contributed by atoms with van der Waals surface area (Å²) in [6, 6.07) is 22.1. The second-order valence-electron chi connectivity index (χ2n) is 6.31. The van der Waals surface area contributed by atoms with Gasteiger partial charge in [0.1, 0.15) is 5.65 Å². The molecule has 7 heteroatoms. The fraction of sp³-hybridized carbons (Fsp3) is 0.0455. The lowest BCUT2D eigenvalue weighted by molar-refractivity contribution is 0.0955. The van der Waals surface area contributed by atoms with Gasteiger partial charge in [0.05, 0.1) is 17.6 Å². The maximum Gasteiger partial charge on any atom is 0.271 e. The first kappa shape index (κ1) is 18.2. The number of imidazole rings is 1. The van der Waals surface area contributed by atoms with Gasteiger partial charge in [-0.25, -0.2) is 10.4 Å². The summed E-state index contributed by atoms with van der Waals surface area (Å²) in [5, 5.41) is 12.6. The van der Waals surface area contributed by atoms with Crippen molar-refractivity contribution in [2.24, 2.45) is 15.3 Å². The predicted molar refractivity (Wildman–Crippen MR) is 112 cm³/mol. The molecule has 29 heavy (non-hydrogen) atoms. The van der Waals surface area contributed by atoms with Crippen molar-refractivity contribution in [3.63, 3.8) is 0 Å². The number of carbonyl (C=O) groups is 1. The number of nitrogens with one attached hydrogen (secondary N) is 1. The molecule has 0 radical (unpaired) electrons. The summed E-state index contributed by atoms with van der Waals surface area (Å²) >= 11 is 0. The van der Waals surface area contributed by atoms with Crippen LogP contribution in [-0.2, 0) is 0 Å². The number of carbonyl (C=O) groups excluding carboxylic acids is 1. The lowest BCUT2D eigenvalue weighted by Gasteiger charge is -2.00. The number of pyridine rings is 1. The standard InChI is InChI=1S/C22H18N6O/c1-16-21(28-14-6-5-9-20(28)24-16)26-25-19-12-10-18(11-13-19)22(29)27-23-15-17-7-3-2-4-8-17/h2-15H,1H3,(H,27,29)/b23-15+,26-25?. The second kappa shape index (κ2) is 8.26. The van der Waals surface area contributed by atoms with E-state index in [9.17, 15) is 4.79 Å². The molecule has 0 atom stereocenters. The Bertz CT molecular complexity index is 1190. The van der Waals surface area contributed by atoms with Crippen LogP contribution in [0.3, 0.4) is 0 Å². The van der Waals surface area contributed by atoms with E-state index >= 15 is 0 Å². The second-order valence-corrected chi connectivity index (χ2v) is 6.31. The lowest BCUT2D eigenvalue weighted by Crippen LogP contribution is -2.17. The van der Waals surface area contributed by atoms with E-state index in [0.717, 1.165) is 16.9 Å². The Morgan fingerprint density at radius 2 is 1.72 bits per heavy atom. The molecule has 0 bridgehead atoms. The number of fused-ring (bicyclic) bond motifs is 1. The van der Waals surface area contributed by atoms with E-state index < -0.39 is 0 Å². The molecule has 4 rings (SSSR count). The fourth-order valence-corrected chi connectivity index (χ4v) is 2.77. The van der Waals surface area contributed by atoms with E-state index in [-0.39, 0.29) is 5.91 Å². The van der Waals surface area contributed by atoms with Crippen molar-refractivity contribution in [3.05, 3.63) is 95.8 Å². The van der Waals surface area contributed by atoms with E-state index in [0.29, 0.717) is 17.1 Å². The van der Waals surface area contributed by atoms with Gasteiger partial charge in [0.2, 0.25) is 0 Å². The van der Waals surface area contributed by atoms with Crippen molar-refractivity contribution >= 4 is 29.3 Å². The molecule has 0 aliphatic carbocycles. The number of hydrazone groups is 1. The minimum atomic E-state index is -0.293. The highest BCUT2D eigenvalue weighted by atomic mass is 16.2. The van der Waals surface area contributed by atoms with E-state index in [2.05, 4.69) is 25.7 Å². The van der Waals surface area contributed by atoms with Crippen LogP contribution in [0.5, 0.6) is 0 Å². The van der Waals surface area contributed by atoms with Crippen LogP contribution >= 0.6 is 0 Å². The first-order valence-electron chi connectivity index (χ1n) is 9.05. The van der Waals surface area contributed by atoms with Gasteiger partial charge in [0.25, 0.3) is 5.91 Å². The van der Waals surface area contributed by atoms with Crippen molar-refractivity contribution in [1.82, 2.24) is 14.8 Å². The summed E-state index contributed by atoms with van der Waals surface area (Å²) in [6.45, 7) is 1.89. The fourth-order valence-electron chi connectivity index (χ4n) is 2.77. The Morgan fingerprint density at radius 1 is 0.966 bits per heavy atom. The summed E-state index contributed by atoms with van der Waals surface area (Å²) in [7, 11) is 0. The van der Waals surface area contributed by atoms with Crippen molar-refractivity contribution in [3.8, 4) is 0 Å². The van der Waals surface area contributed by atoms with Gasteiger partial charge in [0.15, 0.2) is 5.82 Å². The van der Waals surface area contributed by atoms with Gasteiger partial charge in [-0.05, 0) is 48.9 Å². The average molecular weight is 382 g/mol. The van der Waals surface area contributed by atoms with Gasteiger partial charge < -0.3 is 0 Å². The number of hydrogen-bond acceptors (Lipinski definition) is 5. The van der Waals surface area contributed by atoms with Gasteiger partial charge in [-0.15, -0.1) is 10.2 Å². The van der Waals surface area contributed by atoms with Crippen LogP contribution < -0.4 is 5.43 Å². The topological polar surface area (TPSA) is 83.5 Å². The third-order valence-electron chi connectivity index (χ3n) is 4.24. The summed E-state index contributed by atoms with van der Waals surface area (Å²) in [4.78, 5) is 16.6. The summed E-state index contributed by atoms with van der Waals surface area (Å²) in [5.41, 5.74) is 6.17. The Labute approximate surface area is 167 Å². The third kappa shape index (κ3) is 4.24. The summed E-state index contributed by atoms with van der Waals surface area (Å²) < 4.78 is 1.88. The normalized spacial score (nSPS) is 11.5. The monoisotopic (exact) mass is 382 g/mol. The molecule has 2 aromatic heterocycles. The van der Waals surface area contributed by atoms with E-state index in [1.807, 2.05) is 66.1 Å². The van der Waals surface area contributed by atoms with Crippen LogP contribution in [0, 0.1) is 6.92 Å². The number of amides is 1. The quantitative estimate of drug-likeness (QED) is 0.305. The molecule has 0 fully saturated rings. The minimum absolute atomic E-state index is 0.293. The molecule has 0 unspecified atom stereocenters. The molecule has 2 aromatic carbocycles. The SMILES string of the molecule is Cc1nc2ccccn2c1N=Nc1ccc(C(=O)N/N=C/c2ccccc2)cc1. The molecule has 1 amide bonds. The maximum absolute atomic E-state index is 12.2. The number of azo groups is 1. The maximum atomic E-state index is 12.2. The van der Waals surface area contributed by atoms with Crippen LogP contribution in [-0.4, -0.2) is 21.5 Å². The van der Waals surface area contributed by atoms with Crippen LogP contribution in [0.1, 0.15) is 21.6 Å². The molecule has 0 saturated heterocycles. The van der Waals surface area contributed by atoms with E-state index in [1.54, 1.807) is 30.5 Å². The van der Waals surface area contributed by atoms with Crippen molar-refractivity contribution in [2.75, 3.05) is 0 Å². The van der Waals surface area contributed by atoms with Crippen molar-refractivity contribution < 1.29 is 4.79 Å². The minimum Gasteiger partial charge on any atom is -0.283 e. The molecule has 0 aliphatic heterocycles. The Kier molecular flexibility index (Phi) is 5.20. The molecular formula is C22H18N6O. The molecular weight excluding hydrogens is 364 g/mol. The smallest absolute Gasteiger partial charge is 0.271 e. The Balaban J connectivity index is 1.43. The molecule has 1 N–H and O–H groups in total. The Hall–Kier alpha value is -4.13. The number of aryl methyl sites for hydroxylation is 1. The van der Waals surface area contributed by atoms with Crippen LogP contribution in [0.2, 0.25) is 0 Å². The number of benzene rings is 2. The van der Waals surface area contributed by atoms with Gasteiger partial charge in [-0.2, -0.15) is 5.10 Å². The molecule has 2 heterocycles. The van der Waals surface area contributed by atoms with Gasteiger partial charge >= 0.3 is 0 Å². The van der Waals surface area contributed by atoms with Crippen molar-refractivity contribution in [2.45, 2.75) is 6.92 Å². The lowest BCUT2D eigenvalue weighted by atomic mass is 10.2. The van der Waals surface area contributed by atoms with Gasteiger partial charge in [-0.1, -0.05) is 36.4 Å². The van der Waals surface area contributed by atoms with Crippen LogP contribution in [0.4, 0.5) is 11.5 Å². The highest BCUT2D eigenvalue weighted by Gasteiger charge is 2.07. The molecule has 142 valence electrons. The molecule has 0 saturated carbocycles. The first-order chi connectivity index (χ1) is 14.2. The number of aromatic nitrogens is 2. The number of nitrogens with zero attached hydrogens (tertiary/aromatic N) is 5. The van der Waals surface area contributed by atoms with Crippen LogP contribution in [0.15, 0.2) is 94.3 Å². The molecule has 0 aliphatic rings. The van der Waals surface area contributed by atoms with Crippen molar-refractivity contribution in [1.29, 1.82) is 0 Å². The number of hydrogen-bond donors (Lipinski definition) is 1. The largest absolute Gasteiger partial charge is 0.283 e. The Morgan fingerprint density at radius 3 is 2.52 bits per heavy atom. The summed E-state index contributed by atoms with van der Waals surface area (Å²) in [6.07, 6.45) is 3.49. The highest BCUT2D eigenvalue weighted by molar-refractivity contribution is 5.95. The average Bonchev–Trinajstić information content (AvgIpc) is 3.08. The third-order valence-corrected chi connectivity index (χ3v) is 4.24. The zero-order valence-corrected chi connectivity index (χ0v) is 15.7. The van der Waals surface area contributed by atoms with Gasteiger partial charge in [0, 0.05) is 11.8 Å². The van der Waals surface area contributed by atoms with Gasteiger partial charge in [-0.3, -0.25) is 9.20 Å². The van der Waals surface area contributed by atoms with Crippen LogP contribution in [0.25, 0.3) is 5.65 Å². The predicted octanol–water partition coefficient (Wildman–Crippen LogP) is 4.82. The highest BCUT2D eigenvalue weighted by Crippen LogP contribution is 2.23. The zero-order valence-electron chi connectivity index (χ0n) is 15.7. The molecule has 7 nitrogen and oxygen atoms in total. The van der Waals surface area contributed by atoms with E-state index in [4.69, 9.17) is 0 Å².